The second kappa shape index (κ2) is 7.97. The molecule has 0 aliphatic rings. The minimum absolute atomic E-state index is 0.226. The van der Waals surface area contributed by atoms with E-state index in [9.17, 15) is 9.90 Å². The Morgan fingerprint density at radius 2 is 1.55 bits per heavy atom. The Kier molecular flexibility index (Phi) is 5.23. The molecule has 4 aromatic rings. The van der Waals surface area contributed by atoms with E-state index in [4.69, 9.17) is 5.11 Å². The Hall–Kier alpha value is -3.31. The maximum absolute atomic E-state index is 11.1. The van der Waals surface area contributed by atoms with E-state index >= 15 is 0 Å². The number of aromatic carboxylic acids is 1. The lowest BCUT2D eigenvalue weighted by molar-refractivity contribution is 0.0697. The van der Waals surface area contributed by atoms with Gasteiger partial charge in [-0.25, -0.2) is 4.79 Å². The van der Waals surface area contributed by atoms with Gasteiger partial charge in [0.2, 0.25) is 0 Å². The number of carboxylic acid groups (broad SMARTS) is 1. The van der Waals surface area contributed by atoms with Crippen molar-refractivity contribution in [2.45, 2.75) is 6.04 Å². The maximum atomic E-state index is 11.1. The number of fused-ring (bicyclic) bond motifs is 1. The third-order valence-corrected chi connectivity index (χ3v) is 5.42. The number of hydrogen-bond donors (Lipinski definition) is 3. The number of benzene rings is 4. The summed E-state index contributed by atoms with van der Waals surface area (Å²) in [6.45, 7) is 0. The van der Waals surface area contributed by atoms with E-state index in [0.717, 1.165) is 32.1 Å². The lowest BCUT2D eigenvalue weighted by Gasteiger charge is -2.23. The summed E-state index contributed by atoms with van der Waals surface area (Å²) < 4.78 is 0.966. The van der Waals surface area contributed by atoms with Gasteiger partial charge in [-0.3, -0.25) is 0 Å². The first-order valence-electron chi connectivity index (χ1n) is 9.09. The molecule has 0 aliphatic heterocycles. The third-order valence-electron chi connectivity index (χ3n) is 4.89. The molecular weight excluding hydrogens is 430 g/mol. The standard InChI is InChI=1S/C24H18BrNO3/c25-18-10-5-16(6-11-18)22(26-19-12-7-17(8-13-19)24(28)29)21-14-9-15-3-1-2-4-20(15)23(21)27/h1-14,22,26-27H,(H,28,29). The van der Waals surface area contributed by atoms with Crippen LogP contribution in [0, 0.1) is 0 Å². The molecule has 0 saturated heterocycles. The maximum Gasteiger partial charge on any atom is 0.335 e. The van der Waals surface area contributed by atoms with Crippen molar-refractivity contribution in [3.63, 3.8) is 0 Å². The highest BCUT2D eigenvalue weighted by atomic mass is 79.9. The highest BCUT2D eigenvalue weighted by Crippen LogP contribution is 2.37. The number of carboxylic acids is 1. The number of rotatable bonds is 5. The summed E-state index contributed by atoms with van der Waals surface area (Å²) in [6.07, 6.45) is 0. The van der Waals surface area contributed by atoms with E-state index in [1.54, 1.807) is 24.3 Å². The van der Waals surface area contributed by atoms with Crippen molar-refractivity contribution in [2.75, 3.05) is 5.32 Å². The summed E-state index contributed by atoms with van der Waals surface area (Å²) in [5.41, 5.74) is 2.70. The second-order valence-electron chi connectivity index (χ2n) is 6.74. The fourth-order valence-corrected chi connectivity index (χ4v) is 3.64. The fourth-order valence-electron chi connectivity index (χ4n) is 3.38. The van der Waals surface area contributed by atoms with Crippen LogP contribution in [0.2, 0.25) is 0 Å². The third kappa shape index (κ3) is 3.96. The van der Waals surface area contributed by atoms with Gasteiger partial charge in [-0.2, -0.15) is 0 Å². The SMILES string of the molecule is O=C(O)c1ccc(NC(c2ccc(Br)cc2)c2ccc3ccccc3c2O)cc1. The highest BCUT2D eigenvalue weighted by Gasteiger charge is 2.19. The van der Waals surface area contributed by atoms with E-state index in [2.05, 4.69) is 21.2 Å². The van der Waals surface area contributed by atoms with Crippen LogP contribution in [-0.4, -0.2) is 16.2 Å². The molecule has 29 heavy (non-hydrogen) atoms. The number of aromatic hydroxyl groups is 1. The van der Waals surface area contributed by atoms with Gasteiger partial charge in [-0.05, 0) is 47.3 Å². The molecule has 0 spiro atoms. The molecule has 1 atom stereocenters. The van der Waals surface area contributed by atoms with Crippen molar-refractivity contribution in [3.8, 4) is 5.75 Å². The van der Waals surface area contributed by atoms with E-state index in [1.807, 2.05) is 60.7 Å². The Balaban J connectivity index is 1.79. The Morgan fingerprint density at radius 1 is 0.862 bits per heavy atom. The molecule has 0 saturated carbocycles. The molecule has 0 radical (unpaired) electrons. The van der Waals surface area contributed by atoms with Crippen molar-refractivity contribution in [3.05, 3.63) is 106 Å². The van der Waals surface area contributed by atoms with Gasteiger partial charge < -0.3 is 15.5 Å². The van der Waals surface area contributed by atoms with Crippen LogP contribution in [0.15, 0.2) is 89.4 Å². The number of anilines is 1. The van der Waals surface area contributed by atoms with Crippen molar-refractivity contribution >= 4 is 38.4 Å². The van der Waals surface area contributed by atoms with Gasteiger partial charge in [0, 0.05) is 21.1 Å². The molecule has 3 N–H and O–H groups in total. The number of nitrogens with one attached hydrogen (secondary N) is 1. The Labute approximate surface area is 176 Å². The minimum Gasteiger partial charge on any atom is -0.507 e. The lowest BCUT2D eigenvalue weighted by Crippen LogP contribution is -2.13. The largest absolute Gasteiger partial charge is 0.507 e. The van der Waals surface area contributed by atoms with Crippen LogP contribution in [0.3, 0.4) is 0 Å². The van der Waals surface area contributed by atoms with Gasteiger partial charge in [0.05, 0.1) is 11.6 Å². The molecule has 144 valence electrons. The van der Waals surface area contributed by atoms with Crippen LogP contribution in [0.4, 0.5) is 5.69 Å². The average Bonchev–Trinajstić information content (AvgIpc) is 2.74. The molecule has 0 amide bonds. The summed E-state index contributed by atoms with van der Waals surface area (Å²) in [7, 11) is 0. The molecular formula is C24H18BrNO3. The summed E-state index contributed by atoms with van der Waals surface area (Å²) in [6, 6.07) is 25.8. The zero-order chi connectivity index (χ0) is 20.4. The van der Waals surface area contributed by atoms with Crippen molar-refractivity contribution in [1.82, 2.24) is 0 Å². The van der Waals surface area contributed by atoms with Crippen LogP contribution in [0.5, 0.6) is 5.75 Å². The van der Waals surface area contributed by atoms with Crippen LogP contribution in [0.25, 0.3) is 10.8 Å². The molecule has 4 aromatic carbocycles. The normalized spacial score (nSPS) is 11.9. The van der Waals surface area contributed by atoms with Crippen molar-refractivity contribution < 1.29 is 15.0 Å². The summed E-state index contributed by atoms with van der Waals surface area (Å²) in [5.74, 6) is -0.737. The average molecular weight is 448 g/mol. The Bertz CT molecular complexity index is 1170. The van der Waals surface area contributed by atoms with Crippen LogP contribution in [-0.2, 0) is 0 Å². The van der Waals surface area contributed by atoms with Crippen molar-refractivity contribution in [2.24, 2.45) is 0 Å². The summed E-state index contributed by atoms with van der Waals surface area (Å²) in [4.78, 5) is 11.1. The monoisotopic (exact) mass is 447 g/mol. The number of phenolic OH excluding ortho intramolecular Hbond substituents is 1. The number of hydrogen-bond acceptors (Lipinski definition) is 3. The van der Waals surface area contributed by atoms with Gasteiger partial charge in [-0.1, -0.05) is 64.5 Å². The zero-order valence-electron chi connectivity index (χ0n) is 15.3. The van der Waals surface area contributed by atoms with E-state index in [1.165, 1.54) is 0 Å². The first-order valence-corrected chi connectivity index (χ1v) is 9.88. The molecule has 0 heterocycles. The summed E-state index contributed by atoms with van der Waals surface area (Å²) in [5, 5.41) is 25.3. The van der Waals surface area contributed by atoms with E-state index < -0.39 is 5.97 Å². The minimum atomic E-state index is -0.965. The van der Waals surface area contributed by atoms with Gasteiger partial charge in [0.1, 0.15) is 5.75 Å². The van der Waals surface area contributed by atoms with Gasteiger partial charge in [0.15, 0.2) is 0 Å². The quantitative estimate of drug-likeness (QED) is 0.340. The molecule has 1 unspecified atom stereocenters. The van der Waals surface area contributed by atoms with E-state index in [0.29, 0.717) is 0 Å². The molecule has 0 aromatic heterocycles. The molecule has 4 nitrogen and oxygen atoms in total. The van der Waals surface area contributed by atoms with Gasteiger partial charge in [0.25, 0.3) is 0 Å². The number of phenols is 1. The van der Waals surface area contributed by atoms with Crippen molar-refractivity contribution in [1.29, 1.82) is 0 Å². The zero-order valence-corrected chi connectivity index (χ0v) is 16.9. The molecule has 0 aliphatic carbocycles. The molecule has 4 rings (SSSR count). The topological polar surface area (TPSA) is 69.6 Å². The fraction of sp³-hybridized carbons (Fsp3) is 0.0417. The molecule has 5 heteroatoms. The predicted octanol–water partition coefficient (Wildman–Crippen LogP) is 6.21. The highest BCUT2D eigenvalue weighted by molar-refractivity contribution is 9.10. The smallest absolute Gasteiger partial charge is 0.335 e. The lowest BCUT2D eigenvalue weighted by atomic mass is 9.94. The first kappa shape index (κ1) is 19.0. The summed E-state index contributed by atoms with van der Waals surface area (Å²) >= 11 is 3.46. The van der Waals surface area contributed by atoms with Crippen LogP contribution in [0.1, 0.15) is 27.5 Å². The molecule has 0 fully saturated rings. The second-order valence-corrected chi connectivity index (χ2v) is 7.65. The predicted molar refractivity (Wildman–Crippen MR) is 119 cm³/mol. The van der Waals surface area contributed by atoms with Gasteiger partial charge in [-0.15, -0.1) is 0 Å². The first-order chi connectivity index (χ1) is 14.0. The van der Waals surface area contributed by atoms with Gasteiger partial charge >= 0.3 is 5.97 Å². The van der Waals surface area contributed by atoms with Crippen LogP contribution >= 0.6 is 15.9 Å². The molecule has 0 bridgehead atoms. The number of halogens is 1. The van der Waals surface area contributed by atoms with Crippen LogP contribution < -0.4 is 5.32 Å². The Morgan fingerprint density at radius 3 is 2.24 bits per heavy atom. The van der Waals surface area contributed by atoms with E-state index in [-0.39, 0.29) is 17.4 Å². The number of carbonyl (C=O) groups is 1.